The van der Waals surface area contributed by atoms with Crippen molar-refractivity contribution in [3.63, 3.8) is 0 Å². The monoisotopic (exact) mass is 413 g/mol. The fourth-order valence-corrected chi connectivity index (χ4v) is 7.44. The molecule has 0 unspecified atom stereocenters. The highest BCUT2D eigenvalue weighted by molar-refractivity contribution is 6.20. The van der Waals surface area contributed by atoms with Crippen LogP contribution >= 0.6 is 0 Å². The van der Waals surface area contributed by atoms with Crippen LogP contribution in [0.5, 0.6) is 0 Å². The van der Waals surface area contributed by atoms with Crippen LogP contribution in [0.2, 0.25) is 0 Å². The molecule has 160 valence electrons. The van der Waals surface area contributed by atoms with E-state index in [1.807, 2.05) is 6.07 Å². The van der Waals surface area contributed by atoms with Crippen molar-refractivity contribution in [2.75, 3.05) is 19.0 Å². The molecule has 30 heavy (non-hydrogen) atoms. The predicted octanol–water partition coefficient (Wildman–Crippen LogP) is 3.19. The maximum Gasteiger partial charge on any atom is 0.332 e. The van der Waals surface area contributed by atoms with Gasteiger partial charge in [-0.1, -0.05) is 32.9 Å². The van der Waals surface area contributed by atoms with E-state index in [2.05, 4.69) is 25.7 Å². The summed E-state index contributed by atoms with van der Waals surface area (Å²) in [5, 5.41) is 0. The van der Waals surface area contributed by atoms with E-state index < -0.39 is 29.3 Å². The molecular formula is C23H28FN3O3. The number of benzene rings is 1. The zero-order valence-electron chi connectivity index (χ0n) is 18.2. The maximum atomic E-state index is 15.2. The molecule has 3 fully saturated rings. The van der Waals surface area contributed by atoms with E-state index in [0.717, 1.165) is 29.1 Å². The normalized spacial score (nSPS) is 33.8. The molecule has 5 rings (SSSR count). The first-order chi connectivity index (χ1) is 13.9. The molecule has 3 atom stereocenters. The van der Waals surface area contributed by atoms with E-state index in [0.29, 0.717) is 11.3 Å². The molecule has 3 aliphatic heterocycles. The van der Waals surface area contributed by atoms with Crippen LogP contribution in [0.25, 0.3) is 0 Å². The first-order valence-corrected chi connectivity index (χ1v) is 10.6. The average molecular weight is 413 g/mol. The van der Waals surface area contributed by atoms with Crippen molar-refractivity contribution in [2.45, 2.75) is 58.5 Å². The minimum Gasteiger partial charge on any atom is -0.361 e. The number of amides is 4. The van der Waals surface area contributed by atoms with Gasteiger partial charge >= 0.3 is 6.03 Å². The number of rotatable bonds is 0. The number of hydrogen-bond donors (Lipinski definition) is 0. The van der Waals surface area contributed by atoms with Gasteiger partial charge in [-0.2, -0.15) is 0 Å². The van der Waals surface area contributed by atoms with Gasteiger partial charge in [-0.25, -0.2) is 9.18 Å². The lowest BCUT2D eigenvalue weighted by atomic mass is 9.56. The quantitative estimate of drug-likeness (QED) is 0.613. The van der Waals surface area contributed by atoms with Gasteiger partial charge in [0, 0.05) is 20.1 Å². The lowest BCUT2D eigenvalue weighted by molar-refractivity contribution is -0.161. The molecule has 0 aromatic heterocycles. The highest BCUT2D eigenvalue weighted by Crippen LogP contribution is 2.64. The van der Waals surface area contributed by atoms with Gasteiger partial charge in [0.15, 0.2) is 5.41 Å². The highest BCUT2D eigenvalue weighted by atomic mass is 19.1. The van der Waals surface area contributed by atoms with Crippen molar-refractivity contribution >= 4 is 23.5 Å². The van der Waals surface area contributed by atoms with Crippen LogP contribution in [-0.2, 0) is 16.0 Å². The molecule has 2 bridgehead atoms. The van der Waals surface area contributed by atoms with Crippen LogP contribution in [0, 0.1) is 22.1 Å². The third-order valence-electron chi connectivity index (χ3n) is 7.92. The molecule has 1 aromatic rings. The van der Waals surface area contributed by atoms with Gasteiger partial charge in [0.1, 0.15) is 5.82 Å². The molecule has 7 heteroatoms. The number of carbonyl (C=O) groups is 3. The molecule has 0 radical (unpaired) electrons. The van der Waals surface area contributed by atoms with Gasteiger partial charge in [0.2, 0.25) is 11.8 Å². The minimum atomic E-state index is -1.43. The lowest BCUT2D eigenvalue weighted by Gasteiger charge is -2.54. The first kappa shape index (κ1) is 19.5. The number of halogens is 1. The number of para-hydroxylation sites is 1. The van der Waals surface area contributed by atoms with Gasteiger partial charge in [-0.3, -0.25) is 19.4 Å². The maximum absolute atomic E-state index is 15.2. The molecule has 4 aliphatic rings. The third kappa shape index (κ3) is 2.16. The minimum absolute atomic E-state index is 0.00992. The summed E-state index contributed by atoms with van der Waals surface area (Å²) in [6.07, 6.45) is 2.63. The SMILES string of the molecule is CN1C(=O)N(C)C(=O)C2(Cc3cccc(F)c3N3[C@H]4CC(C)(C)C[C@@](C)(C4)[C@H]32)C1=O. The van der Waals surface area contributed by atoms with Crippen LogP contribution in [0.15, 0.2) is 18.2 Å². The Balaban J connectivity index is 1.81. The van der Waals surface area contributed by atoms with Crippen LogP contribution in [0.1, 0.15) is 45.6 Å². The van der Waals surface area contributed by atoms with E-state index in [4.69, 9.17) is 0 Å². The molecule has 1 aliphatic carbocycles. The van der Waals surface area contributed by atoms with E-state index in [1.54, 1.807) is 6.07 Å². The Morgan fingerprint density at radius 2 is 1.63 bits per heavy atom. The van der Waals surface area contributed by atoms with Crippen LogP contribution in [0.4, 0.5) is 14.9 Å². The largest absolute Gasteiger partial charge is 0.361 e. The summed E-state index contributed by atoms with van der Waals surface area (Å²) in [6.45, 7) is 6.55. The number of anilines is 1. The third-order valence-corrected chi connectivity index (χ3v) is 7.92. The topological polar surface area (TPSA) is 60.9 Å². The van der Waals surface area contributed by atoms with Gasteiger partial charge in [-0.05, 0) is 48.1 Å². The number of hydrogen-bond acceptors (Lipinski definition) is 4. The number of barbiturate groups is 1. The standard InChI is InChI=1S/C23H28FN3O3/c1-21(2)10-14-11-22(3,12-21)17-23(18(28)25(4)20(30)26(5)19(23)29)9-13-7-6-8-15(24)16(13)27(14)17/h6-8,14,17H,9-12H2,1-5H3/t14-,17-,22+/m0/s1. The van der Waals surface area contributed by atoms with E-state index in [1.165, 1.54) is 20.2 Å². The summed E-state index contributed by atoms with van der Waals surface area (Å²) >= 11 is 0. The summed E-state index contributed by atoms with van der Waals surface area (Å²) in [7, 11) is 2.88. The molecule has 1 saturated carbocycles. The van der Waals surface area contributed by atoms with Gasteiger partial charge in [0.05, 0.1) is 11.7 Å². The second-order valence-electron chi connectivity index (χ2n) is 10.8. The number of nitrogens with zero attached hydrogens (tertiary/aromatic N) is 3. The van der Waals surface area contributed by atoms with Crippen molar-refractivity contribution in [3.8, 4) is 0 Å². The van der Waals surface area contributed by atoms with Crippen LogP contribution < -0.4 is 4.90 Å². The van der Waals surface area contributed by atoms with Gasteiger partial charge in [-0.15, -0.1) is 0 Å². The Morgan fingerprint density at radius 1 is 1.00 bits per heavy atom. The van der Waals surface area contributed by atoms with Crippen LogP contribution in [0.3, 0.4) is 0 Å². The smallest absolute Gasteiger partial charge is 0.332 e. The Morgan fingerprint density at radius 3 is 2.27 bits per heavy atom. The van der Waals surface area contributed by atoms with Crippen molar-refractivity contribution in [1.82, 2.24) is 9.80 Å². The average Bonchev–Trinajstić information content (AvgIpc) is 2.89. The Kier molecular flexibility index (Phi) is 3.66. The van der Waals surface area contributed by atoms with E-state index in [9.17, 15) is 14.4 Å². The summed E-state index contributed by atoms with van der Waals surface area (Å²) < 4.78 is 15.2. The Bertz CT molecular complexity index is 981. The molecule has 4 amide bonds. The van der Waals surface area contributed by atoms with Crippen molar-refractivity contribution < 1.29 is 18.8 Å². The van der Waals surface area contributed by atoms with Crippen LogP contribution in [-0.4, -0.2) is 53.8 Å². The van der Waals surface area contributed by atoms with Crippen molar-refractivity contribution in [2.24, 2.45) is 16.2 Å². The lowest BCUT2D eigenvalue weighted by Crippen LogP contribution is -2.72. The number of urea groups is 1. The number of fused-ring (bicyclic) bond motifs is 8. The summed E-state index contributed by atoms with van der Waals surface area (Å²) in [5.41, 5.74) is -0.571. The summed E-state index contributed by atoms with van der Waals surface area (Å²) in [6, 6.07) is 3.84. The molecular weight excluding hydrogens is 385 g/mol. The predicted molar refractivity (Wildman–Crippen MR) is 109 cm³/mol. The van der Waals surface area contributed by atoms with Gasteiger partial charge in [0.25, 0.3) is 0 Å². The Hall–Kier alpha value is -2.44. The molecule has 3 heterocycles. The Labute approximate surface area is 176 Å². The molecule has 6 nitrogen and oxygen atoms in total. The zero-order chi connectivity index (χ0) is 21.8. The second-order valence-corrected chi connectivity index (χ2v) is 10.8. The molecule has 1 spiro atoms. The van der Waals surface area contributed by atoms with E-state index in [-0.39, 0.29) is 29.1 Å². The first-order valence-electron chi connectivity index (χ1n) is 10.6. The fourth-order valence-electron chi connectivity index (χ4n) is 7.44. The van der Waals surface area contributed by atoms with E-state index >= 15 is 4.39 Å². The second kappa shape index (κ2) is 5.62. The number of carbonyl (C=O) groups excluding carboxylic acids is 3. The van der Waals surface area contributed by atoms with Crippen molar-refractivity contribution in [3.05, 3.63) is 29.6 Å². The highest BCUT2D eigenvalue weighted by Gasteiger charge is 2.72. The fraction of sp³-hybridized carbons (Fsp3) is 0.609. The summed E-state index contributed by atoms with van der Waals surface area (Å²) in [5.74, 6) is -1.24. The zero-order valence-corrected chi connectivity index (χ0v) is 18.2. The summed E-state index contributed by atoms with van der Waals surface area (Å²) in [4.78, 5) is 44.2. The van der Waals surface area contributed by atoms with Gasteiger partial charge < -0.3 is 4.90 Å². The molecule has 0 N–H and O–H groups in total. The molecule has 1 aromatic carbocycles. The number of imide groups is 2. The van der Waals surface area contributed by atoms with Crippen molar-refractivity contribution in [1.29, 1.82) is 0 Å². The molecule has 2 saturated heterocycles.